The van der Waals surface area contributed by atoms with Crippen molar-refractivity contribution < 1.29 is 19.4 Å². The average Bonchev–Trinajstić information content (AvgIpc) is 3.37. The molecule has 1 aromatic carbocycles. The van der Waals surface area contributed by atoms with E-state index in [1.54, 1.807) is 24.1 Å². The second kappa shape index (κ2) is 14.3. The summed E-state index contributed by atoms with van der Waals surface area (Å²) < 4.78 is 5.45. The molecule has 11 nitrogen and oxygen atoms in total. The number of halogens is 1. The second-order valence-corrected chi connectivity index (χ2v) is 11.7. The molecule has 0 aliphatic carbocycles. The van der Waals surface area contributed by atoms with Crippen LogP contribution >= 0.6 is 11.6 Å². The number of aliphatic hydroxyl groups is 1. The molecule has 3 N–H and O–H groups in total. The van der Waals surface area contributed by atoms with Crippen molar-refractivity contribution in [1.29, 1.82) is 0 Å². The second-order valence-electron chi connectivity index (χ2n) is 11.3. The van der Waals surface area contributed by atoms with E-state index in [1.165, 1.54) is 6.20 Å². The highest BCUT2D eigenvalue weighted by atomic mass is 35.5. The van der Waals surface area contributed by atoms with Crippen LogP contribution < -0.4 is 15.5 Å². The Morgan fingerprint density at radius 1 is 1.14 bits per heavy atom. The number of carbonyl (C=O) groups is 2. The van der Waals surface area contributed by atoms with Crippen molar-refractivity contribution >= 4 is 35.2 Å². The van der Waals surface area contributed by atoms with Crippen molar-refractivity contribution in [2.75, 3.05) is 43.1 Å². The summed E-state index contributed by atoms with van der Waals surface area (Å²) in [6, 6.07) is 8.53. The van der Waals surface area contributed by atoms with Gasteiger partial charge in [0.05, 0.1) is 36.2 Å². The molecule has 2 aliphatic heterocycles. The molecule has 12 heteroatoms. The number of nitrogens with zero attached hydrogens (tertiary/aromatic N) is 5. The van der Waals surface area contributed by atoms with E-state index in [0.717, 1.165) is 42.9 Å². The van der Waals surface area contributed by atoms with Crippen molar-refractivity contribution in [3.05, 3.63) is 64.4 Å². The van der Waals surface area contributed by atoms with Gasteiger partial charge in [0.25, 0.3) is 5.91 Å². The van der Waals surface area contributed by atoms with E-state index >= 15 is 0 Å². The number of morpholine rings is 1. The fourth-order valence-electron chi connectivity index (χ4n) is 5.63. The van der Waals surface area contributed by atoms with Gasteiger partial charge in [-0.2, -0.15) is 0 Å². The van der Waals surface area contributed by atoms with Crippen molar-refractivity contribution in [2.24, 2.45) is 0 Å². The van der Waals surface area contributed by atoms with Crippen LogP contribution in [0.5, 0.6) is 0 Å². The number of aliphatic hydroxyl groups excluding tert-OH is 1. The average molecular weight is 622 g/mol. The molecule has 234 valence electrons. The predicted octanol–water partition coefficient (Wildman–Crippen LogP) is 4.21. The molecule has 3 aromatic rings. The van der Waals surface area contributed by atoms with Gasteiger partial charge >= 0.3 is 0 Å². The van der Waals surface area contributed by atoms with E-state index in [2.05, 4.69) is 37.4 Å². The van der Waals surface area contributed by atoms with Crippen LogP contribution in [0, 0.1) is 0 Å². The van der Waals surface area contributed by atoms with Crippen LogP contribution in [-0.4, -0.2) is 81.8 Å². The van der Waals surface area contributed by atoms with Gasteiger partial charge in [0.15, 0.2) is 0 Å². The zero-order valence-corrected chi connectivity index (χ0v) is 26.2. The fourth-order valence-corrected chi connectivity index (χ4v) is 5.83. The maximum atomic E-state index is 13.6. The minimum absolute atomic E-state index is 0.0370. The fraction of sp³-hybridized carbons (Fsp3) is 0.469. The Morgan fingerprint density at radius 3 is 2.68 bits per heavy atom. The van der Waals surface area contributed by atoms with Gasteiger partial charge < -0.3 is 30.3 Å². The molecule has 0 spiro atoms. The minimum atomic E-state index is -0.679. The maximum absolute atomic E-state index is 13.6. The van der Waals surface area contributed by atoms with E-state index in [4.69, 9.17) is 16.3 Å². The van der Waals surface area contributed by atoms with E-state index < -0.39 is 6.04 Å². The summed E-state index contributed by atoms with van der Waals surface area (Å²) in [6.45, 7) is 9.04. The zero-order valence-electron chi connectivity index (χ0n) is 25.4. The first-order chi connectivity index (χ1) is 21.3. The van der Waals surface area contributed by atoms with E-state index in [0.29, 0.717) is 54.0 Å². The number of amides is 2. The molecule has 5 rings (SSSR count). The van der Waals surface area contributed by atoms with Gasteiger partial charge in [0.2, 0.25) is 11.9 Å². The Morgan fingerprint density at radius 2 is 1.93 bits per heavy atom. The van der Waals surface area contributed by atoms with Gasteiger partial charge in [0, 0.05) is 49.6 Å². The minimum Gasteiger partial charge on any atom is -0.396 e. The highest BCUT2D eigenvalue weighted by molar-refractivity contribution is 6.33. The Bertz CT molecular complexity index is 1480. The molecule has 2 amide bonds. The Balaban J connectivity index is 1.27. The summed E-state index contributed by atoms with van der Waals surface area (Å²) in [5, 5.41) is 16.1. The number of rotatable bonds is 12. The molecular weight excluding hydrogens is 582 g/mol. The lowest BCUT2D eigenvalue weighted by molar-refractivity contribution is -0.125. The monoisotopic (exact) mass is 621 g/mol. The third-order valence-corrected chi connectivity index (χ3v) is 8.49. The van der Waals surface area contributed by atoms with E-state index in [1.807, 2.05) is 31.2 Å². The first-order valence-electron chi connectivity index (χ1n) is 15.2. The van der Waals surface area contributed by atoms with Gasteiger partial charge in [0.1, 0.15) is 11.9 Å². The molecule has 1 saturated heterocycles. The molecule has 0 bridgehead atoms. The molecule has 1 unspecified atom stereocenters. The van der Waals surface area contributed by atoms with Crippen LogP contribution in [0.4, 0.5) is 11.8 Å². The summed E-state index contributed by atoms with van der Waals surface area (Å²) in [5.74, 6) is 0.821. The Labute approximate surface area is 263 Å². The number of hydrogen-bond donors (Lipinski definition) is 3. The zero-order chi connectivity index (χ0) is 31.2. The SMILES string of the molecule is CCCC(CCO)Nc1ncc(Cl)c(-c2ccc3c(c2)C(=O)N([C@@H](C)C(=O)N[C@H](C)c2ccnc(N4CCOCC4)c2)C3)n1. The summed E-state index contributed by atoms with van der Waals surface area (Å²) >= 11 is 6.50. The molecule has 0 saturated carbocycles. The highest BCUT2D eigenvalue weighted by Gasteiger charge is 2.35. The smallest absolute Gasteiger partial charge is 0.255 e. The predicted molar refractivity (Wildman–Crippen MR) is 170 cm³/mol. The summed E-state index contributed by atoms with van der Waals surface area (Å²) in [6.07, 6.45) is 5.70. The highest BCUT2D eigenvalue weighted by Crippen LogP contribution is 2.32. The first kappa shape index (κ1) is 31.6. The van der Waals surface area contributed by atoms with Gasteiger partial charge in [-0.15, -0.1) is 0 Å². The number of carbonyl (C=O) groups excluding carboxylic acids is 2. The first-order valence-corrected chi connectivity index (χ1v) is 15.6. The van der Waals surface area contributed by atoms with Crippen LogP contribution in [0.2, 0.25) is 5.02 Å². The number of pyridine rings is 1. The van der Waals surface area contributed by atoms with E-state index in [-0.39, 0.29) is 30.5 Å². The molecule has 4 heterocycles. The number of benzene rings is 1. The number of nitrogens with one attached hydrogen (secondary N) is 2. The number of hydrogen-bond acceptors (Lipinski definition) is 9. The largest absolute Gasteiger partial charge is 0.396 e. The van der Waals surface area contributed by atoms with Crippen LogP contribution in [0.1, 0.15) is 67.6 Å². The van der Waals surface area contributed by atoms with Gasteiger partial charge in [-0.1, -0.05) is 37.1 Å². The number of aromatic nitrogens is 3. The summed E-state index contributed by atoms with van der Waals surface area (Å²) in [4.78, 5) is 44.1. The standard InChI is InChI=1S/C32H40ClN7O4/c1-4-5-25(9-13-41)37-32-35-18-27(33)29(38-32)23-6-7-24-19-40(31(43)26(24)16-23)21(3)30(42)36-20(2)22-8-10-34-28(17-22)39-11-14-44-15-12-39/h6-8,10,16-18,20-21,25,41H,4-5,9,11-15,19H2,1-3H3,(H,36,42)(H,35,37,38)/t20-,21+,25?/m1/s1. The van der Waals surface area contributed by atoms with Crippen LogP contribution in [0.25, 0.3) is 11.3 Å². The van der Waals surface area contributed by atoms with Crippen molar-refractivity contribution in [1.82, 2.24) is 25.2 Å². The van der Waals surface area contributed by atoms with Crippen molar-refractivity contribution in [3.8, 4) is 11.3 Å². The topological polar surface area (TPSA) is 133 Å². The number of fused-ring (bicyclic) bond motifs is 1. The van der Waals surface area contributed by atoms with Gasteiger partial charge in [-0.25, -0.2) is 15.0 Å². The van der Waals surface area contributed by atoms with Crippen molar-refractivity contribution in [2.45, 2.75) is 64.7 Å². The molecule has 2 aliphatic rings. The third kappa shape index (κ3) is 7.11. The van der Waals surface area contributed by atoms with Gasteiger partial charge in [-0.3, -0.25) is 9.59 Å². The van der Waals surface area contributed by atoms with Crippen LogP contribution in [-0.2, 0) is 16.1 Å². The lowest BCUT2D eigenvalue weighted by Gasteiger charge is -2.29. The Kier molecular flexibility index (Phi) is 10.3. The van der Waals surface area contributed by atoms with E-state index in [9.17, 15) is 14.7 Å². The molecular formula is C32H40ClN7O4. The summed E-state index contributed by atoms with van der Waals surface area (Å²) in [5.41, 5.74) is 3.49. The van der Waals surface area contributed by atoms with Gasteiger partial charge in [-0.05, 0) is 56.0 Å². The maximum Gasteiger partial charge on any atom is 0.255 e. The van der Waals surface area contributed by atoms with Crippen molar-refractivity contribution in [3.63, 3.8) is 0 Å². The molecule has 2 aromatic heterocycles. The molecule has 3 atom stereocenters. The number of ether oxygens (including phenoxy) is 1. The molecule has 0 radical (unpaired) electrons. The normalized spacial score (nSPS) is 16.8. The summed E-state index contributed by atoms with van der Waals surface area (Å²) in [7, 11) is 0. The lowest BCUT2D eigenvalue weighted by atomic mass is 10.0. The quantitative estimate of drug-likeness (QED) is 0.272. The van der Waals surface area contributed by atoms with Crippen LogP contribution in [0.3, 0.4) is 0 Å². The molecule has 1 fully saturated rings. The Hall–Kier alpha value is -3.80. The molecule has 44 heavy (non-hydrogen) atoms. The number of anilines is 2. The lowest BCUT2D eigenvalue weighted by Crippen LogP contribution is -2.45. The van der Waals surface area contributed by atoms with Crippen LogP contribution in [0.15, 0.2) is 42.7 Å². The third-order valence-electron chi connectivity index (χ3n) is 8.22.